The molecule has 0 spiro atoms. The van der Waals surface area contributed by atoms with Crippen molar-refractivity contribution < 1.29 is 10.2 Å². The Kier molecular flexibility index (Phi) is 2.03. The van der Waals surface area contributed by atoms with E-state index in [1.54, 1.807) is 45.5 Å². The summed E-state index contributed by atoms with van der Waals surface area (Å²) in [7, 11) is 0. The topological polar surface area (TPSA) is 75.1 Å². The number of nitrogens with zero attached hydrogens (tertiary/aromatic N) is 4. The zero-order valence-electron chi connectivity index (χ0n) is 10.3. The molecule has 4 aromatic rings. The predicted molar refractivity (Wildman–Crippen MR) is 72.7 cm³/mol. The molecule has 4 rings (SSSR count). The van der Waals surface area contributed by atoms with Crippen molar-refractivity contribution in [3.63, 3.8) is 0 Å². The third-order valence-corrected chi connectivity index (χ3v) is 3.23. The van der Waals surface area contributed by atoms with E-state index in [2.05, 4.69) is 9.97 Å². The van der Waals surface area contributed by atoms with E-state index in [-0.39, 0.29) is 23.1 Å². The van der Waals surface area contributed by atoms with E-state index in [4.69, 9.17) is 0 Å². The highest BCUT2D eigenvalue weighted by Crippen LogP contribution is 2.34. The van der Waals surface area contributed by atoms with Gasteiger partial charge < -0.3 is 10.2 Å². The summed E-state index contributed by atoms with van der Waals surface area (Å²) in [5, 5.41) is 20.5. The third kappa shape index (κ3) is 1.33. The van der Waals surface area contributed by atoms with Crippen LogP contribution in [0.15, 0.2) is 48.8 Å². The summed E-state index contributed by atoms with van der Waals surface area (Å²) in [5.74, 6) is -0.0846. The minimum Gasteiger partial charge on any atom is -0.493 e. The van der Waals surface area contributed by atoms with Crippen molar-refractivity contribution in [1.29, 1.82) is 0 Å². The van der Waals surface area contributed by atoms with Crippen LogP contribution in [-0.2, 0) is 0 Å². The highest BCUT2D eigenvalue weighted by molar-refractivity contribution is 5.72. The zero-order valence-corrected chi connectivity index (χ0v) is 10.3. The van der Waals surface area contributed by atoms with Crippen molar-refractivity contribution >= 4 is 11.3 Å². The van der Waals surface area contributed by atoms with E-state index in [9.17, 15) is 10.2 Å². The van der Waals surface area contributed by atoms with Gasteiger partial charge in [-0.25, -0.2) is 9.97 Å². The van der Waals surface area contributed by atoms with E-state index in [1.807, 2.05) is 12.1 Å². The predicted octanol–water partition coefficient (Wildman–Crippen LogP) is 2.06. The van der Waals surface area contributed by atoms with Crippen LogP contribution in [0.4, 0.5) is 0 Å². The average molecular weight is 266 g/mol. The van der Waals surface area contributed by atoms with Gasteiger partial charge in [-0.1, -0.05) is 12.1 Å². The van der Waals surface area contributed by atoms with E-state index in [1.165, 1.54) is 0 Å². The fourth-order valence-electron chi connectivity index (χ4n) is 2.28. The van der Waals surface area contributed by atoms with Gasteiger partial charge in [0.2, 0.25) is 11.8 Å². The van der Waals surface area contributed by atoms with Gasteiger partial charge in [-0.05, 0) is 24.3 Å². The van der Waals surface area contributed by atoms with Gasteiger partial charge in [-0.15, -0.1) is 0 Å². The van der Waals surface area contributed by atoms with Gasteiger partial charge in [-0.3, -0.25) is 8.80 Å². The van der Waals surface area contributed by atoms with Gasteiger partial charge in [0.15, 0.2) is 11.4 Å². The van der Waals surface area contributed by atoms with Gasteiger partial charge in [0, 0.05) is 12.4 Å². The Morgan fingerprint density at radius 2 is 1.15 bits per heavy atom. The number of aromatic hydroxyl groups is 2. The van der Waals surface area contributed by atoms with Crippen LogP contribution in [0.5, 0.6) is 11.8 Å². The Labute approximate surface area is 113 Å². The molecule has 98 valence electrons. The maximum atomic E-state index is 10.2. The molecule has 0 unspecified atom stereocenters. The quantitative estimate of drug-likeness (QED) is 0.553. The van der Waals surface area contributed by atoms with Crippen molar-refractivity contribution in [2.75, 3.05) is 0 Å². The molecule has 0 aromatic carbocycles. The minimum atomic E-state index is -0.0423. The standard InChI is InChI=1S/C14H10N4O2/c19-13-11(15-9-5-1-3-7-17(9)13)12-14(20)18-8-4-2-6-10(18)16-12/h1-8,19-20H. The lowest BCUT2D eigenvalue weighted by Crippen LogP contribution is -1.82. The second kappa shape index (κ2) is 3.74. The Morgan fingerprint density at radius 1 is 0.700 bits per heavy atom. The molecule has 0 radical (unpaired) electrons. The minimum absolute atomic E-state index is 0.0423. The number of fused-ring (bicyclic) bond motifs is 2. The van der Waals surface area contributed by atoms with Crippen LogP contribution in [0, 0.1) is 0 Å². The Balaban J connectivity index is 2.06. The van der Waals surface area contributed by atoms with Gasteiger partial charge in [-0.2, -0.15) is 0 Å². The Hall–Kier alpha value is -3.02. The number of aromatic nitrogens is 4. The van der Waals surface area contributed by atoms with Crippen LogP contribution in [0.1, 0.15) is 0 Å². The molecule has 6 heteroatoms. The van der Waals surface area contributed by atoms with Gasteiger partial charge in [0.05, 0.1) is 0 Å². The normalized spacial score (nSPS) is 11.4. The van der Waals surface area contributed by atoms with E-state index in [0.717, 1.165) is 0 Å². The van der Waals surface area contributed by atoms with Crippen LogP contribution in [-0.4, -0.2) is 29.0 Å². The molecular weight excluding hydrogens is 256 g/mol. The van der Waals surface area contributed by atoms with Gasteiger partial charge in [0.25, 0.3) is 0 Å². The fourth-order valence-corrected chi connectivity index (χ4v) is 2.28. The smallest absolute Gasteiger partial charge is 0.226 e. The maximum Gasteiger partial charge on any atom is 0.226 e. The van der Waals surface area contributed by atoms with Gasteiger partial charge >= 0.3 is 0 Å². The lowest BCUT2D eigenvalue weighted by Gasteiger charge is -1.95. The lowest BCUT2D eigenvalue weighted by molar-refractivity contribution is 0.442. The second-order valence-corrected chi connectivity index (χ2v) is 4.43. The molecule has 20 heavy (non-hydrogen) atoms. The van der Waals surface area contributed by atoms with Crippen LogP contribution in [0.2, 0.25) is 0 Å². The largest absolute Gasteiger partial charge is 0.493 e. The number of imidazole rings is 2. The average Bonchev–Trinajstić information content (AvgIpc) is 2.98. The molecule has 0 amide bonds. The van der Waals surface area contributed by atoms with Crippen molar-refractivity contribution in [2.45, 2.75) is 0 Å². The summed E-state index contributed by atoms with van der Waals surface area (Å²) in [6, 6.07) is 10.8. The molecule has 0 bridgehead atoms. The summed E-state index contributed by atoms with van der Waals surface area (Å²) in [5.41, 5.74) is 1.71. The second-order valence-electron chi connectivity index (χ2n) is 4.43. The molecular formula is C14H10N4O2. The van der Waals surface area contributed by atoms with E-state index >= 15 is 0 Å². The highest BCUT2D eigenvalue weighted by Gasteiger charge is 2.20. The molecule has 0 aliphatic rings. The molecule has 2 N–H and O–H groups in total. The van der Waals surface area contributed by atoms with Crippen molar-refractivity contribution in [1.82, 2.24) is 18.8 Å². The Morgan fingerprint density at radius 3 is 1.55 bits per heavy atom. The van der Waals surface area contributed by atoms with E-state index in [0.29, 0.717) is 11.3 Å². The Bertz CT molecular complexity index is 861. The molecule has 6 nitrogen and oxygen atoms in total. The number of hydrogen-bond donors (Lipinski definition) is 2. The zero-order chi connectivity index (χ0) is 13.7. The van der Waals surface area contributed by atoms with Gasteiger partial charge in [0.1, 0.15) is 11.3 Å². The SMILES string of the molecule is Oc1c(-c2nc3ccccn3c2O)nc2ccccn12. The van der Waals surface area contributed by atoms with Crippen molar-refractivity contribution in [3.05, 3.63) is 48.8 Å². The summed E-state index contributed by atoms with van der Waals surface area (Å²) in [4.78, 5) is 8.63. The van der Waals surface area contributed by atoms with Crippen molar-refractivity contribution in [3.8, 4) is 23.1 Å². The first-order chi connectivity index (χ1) is 9.75. The number of rotatable bonds is 1. The van der Waals surface area contributed by atoms with Crippen molar-refractivity contribution in [2.24, 2.45) is 0 Å². The maximum absolute atomic E-state index is 10.2. The first kappa shape index (κ1) is 10.9. The first-order valence-electron chi connectivity index (χ1n) is 6.08. The molecule has 0 saturated carbocycles. The molecule has 0 aliphatic carbocycles. The summed E-state index contributed by atoms with van der Waals surface area (Å²) >= 11 is 0. The molecule has 0 aliphatic heterocycles. The molecule has 0 saturated heterocycles. The summed E-state index contributed by atoms with van der Waals surface area (Å²) in [6.07, 6.45) is 3.40. The number of pyridine rings is 2. The summed E-state index contributed by atoms with van der Waals surface area (Å²) in [6.45, 7) is 0. The van der Waals surface area contributed by atoms with Crippen LogP contribution >= 0.6 is 0 Å². The third-order valence-electron chi connectivity index (χ3n) is 3.23. The van der Waals surface area contributed by atoms with Crippen LogP contribution < -0.4 is 0 Å². The summed E-state index contributed by atoms with van der Waals surface area (Å²) < 4.78 is 3.08. The molecule has 0 fully saturated rings. The molecule has 4 heterocycles. The monoisotopic (exact) mass is 266 g/mol. The first-order valence-corrected chi connectivity index (χ1v) is 6.08. The fraction of sp³-hybridized carbons (Fsp3) is 0. The highest BCUT2D eigenvalue weighted by atomic mass is 16.3. The lowest BCUT2D eigenvalue weighted by atomic mass is 10.3. The van der Waals surface area contributed by atoms with Crippen LogP contribution in [0.3, 0.4) is 0 Å². The van der Waals surface area contributed by atoms with E-state index < -0.39 is 0 Å². The number of hydrogen-bond acceptors (Lipinski definition) is 4. The molecule has 4 aromatic heterocycles. The molecule has 0 atom stereocenters. The van der Waals surface area contributed by atoms with Crippen LogP contribution in [0.25, 0.3) is 22.7 Å².